The van der Waals surface area contributed by atoms with E-state index in [4.69, 9.17) is 5.11 Å². The summed E-state index contributed by atoms with van der Waals surface area (Å²) in [5.41, 5.74) is 2.83. The molecular formula is C18H23NO2. The average Bonchev–Trinajstić information content (AvgIpc) is 2.39. The molecule has 3 nitrogen and oxygen atoms in total. The maximum absolute atomic E-state index is 11.1. The van der Waals surface area contributed by atoms with E-state index in [0.29, 0.717) is 5.56 Å². The second-order valence-electron chi connectivity index (χ2n) is 7.66. The Hall–Kier alpha value is -1.51. The highest BCUT2D eigenvalue weighted by atomic mass is 16.4. The van der Waals surface area contributed by atoms with Crippen molar-refractivity contribution in [2.24, 2.45) is 17.8 Å². The van der Waals surface area contributed by atoms with Crippen molar-refractivity contribution in [3.05, 3.63) is 29.3 Å². The average molecular weight is 285 g/mol. The van der Waals surface area contributed by atoms with Crippen molar-refractivity contribution in [1.82, 2.24) is 0 Å². The molecular weight excluding hydrogens is 262 g/mol. The molecule has 0 aromatic heterocycles. The van der Waals surface area contributed by atoms with Crippen LogP contribution in [0.2, 0.25) is 0 Å². The third-order valence-corrected chi connectivity index (χ3v) is 5.91. The summed E-state index contributed by atoms with van der Waals surface area (Å²) in [4.78, 5) is 11.1. The van der Waals surface area contributed by atoms with Crippen LogP contribution < -0.4 is 5.32 Å². The Kier molecular flexibility index (Phi) is 2.82. The van der Waals surface area contributed by atoms with Gasteiger partial charge >= 0.3 is 5.97 Å². The van der Waals surface area contributed by atoms with Crippen LogP contribution in [-0.4, -0.2) is 16.6 Å². The van der Waals surface area contributed by atoms with E-state index < -0.39 is 5.97 Å². The predicted molar refractivity (Wildman–Crippen MR) is 82.7 cm³/mol. The summed E-state index contributed by atoms with van der Waals surface area (Å²) >= 11 is 0. The smallest absolute Gasteiger partial charge is 0.335 e. The van der Waals surface area contributed by atoms with Crippen molar-refractivity contribution in [2.75, 3.05) is 5.32 Å². The van der Waals surface area contributed by atoms with E-state index in [-0.39, 0.29) is 5.54 Å². The summed E-state index contributed by atoms with van der Waals surface area (Å²) < 4.78 is 0. The molecule has 4 fully saturated rings. The Morgan fingerprint density at radius 1 is 1.14 bits per heavy atom. The SMILES string of the molecule is Cc1cc(C(=O)O)ccc1NC12CC3CC(CC(C3)C1)C2. The Morgan fingerprint density at radius 2 is 1.71 bits per heavy atom. The first-order valence-electron chi connectivity index (χ1n) is 8.15. The highest BCUT2D eigenvalue weighted by Gasteiger charge is 2.50. The summed E-state index contributed by atoms with van der Waals surface area (Å²) in [5.74, 6) is 1.91. The van der Waals surface area contributed by atoms with Crippen molar-refractivity contribution < 1.29 is 9.90 Å². The third kappa shape index (κ3) is 2.23. The predicted octanol–water partition coefficient (Wildman–Crippen LogP) is 4.07. The maximum atomic E-state index is 11.1. The summed E-state index contributed by atoms with van der Waals surface area (Å²) in [6.45, 7) is 2.01. The van der Waals surface area contributed by atoms with E-state index in [1.54, 1.807) is 12.1 Å². The van der Waals surface area contributed by atoms with E-state index in [0.717, 1.165) is 29.0 Å². The number of benzene rings is 1. The molecule has 0 unspecified atom stereocenters. The van der Waals surface area contributed by atoms with E-state index in [1.807, 2.05) is 13.0 Å². The molecule has 0 heterocycles. The number of rotatable bonds is 3. The highest BCUT2D eigenvalue weighted by Crippen LogP contribution is 2.56. The number of carboxylic acid groups (broad SMARTS) is 1. The quantitative estimate of drug-likeness (QED) is 0.880. The number of hydrogen-bond donors (Lipinski definition) is 2. The van der Waals surface area contributed by atoms with Crippen LogP contribution in [0, 0.1) is 24.7 Å². The number of hydrogen-bond acceptors (Lipinski definition) is 2. The van der Waals surface area contributed by atoms with E-state index in [1.165, 1.54) is 38.5 Å². The topological polar surface area (TPSA) is 49.3 Å². The zero-order valence-electron chi connectivity index (χ0n) is 12.6. The molecule has 21 heavy (non-hydrogen) atoms. The zero-order valence-corrected chi connectivity index (χ0v) is 12.6. The van der Waals surface area contributed by atoms with Gasteiger partial charge in [0.05, 0.1) is 5.56 Å². The molecule has 0 atom stereocenters. The highest BCUT2D eigenvalue weighted by molar-refractivity contribution is 5.88. The van der Waals surface area contributed by atoms with Crippen molar-refractivity contribution in [1.29, 1.82) is 0 Å². The third-order valence-electron chi connectivity index (χ3n) is 5.91. The van der Waals surface area contributed by atoms with Gasteiger partial charge in [-0.05, 0) is 87.0 Å². The monoisotopic (exact) mass is 285 g/mol. The van der Waals surface area contributed by atoms with Gasteiger partial charge in [-0.2, -0.15) is 0 Å². The van der Waals surface area contributed by atoms with Gasteiger partial charge in [-0.1, -0.05) is 0 Å². The van der Waals surface area contributed by atoms with Crippen LogP contribution in [0.15, 0.2) is 18.2 Å². The minimum absolute atomic E-state index is 0.282. The van der Waals surface area contributed by atoms with Gasteiger partial charge in [-0.25, -0.2) is 4.79 Å². The number of aryl methyl sites for hydroxylation is 1. The van der Waals surface area contributed by atoms with Crippen molar-refractivity contribution in [3.8, 4) is 0 Å². The van der Waals surface area contributed by atoms with E-state index in [9.17, 15) is 4.79 Å². The fourth-order valence-corrected chi connectivity index (χ4v) is 5.49. The number of carboxylic acids is 1. The number of carbonyl (C=O) groups is 1. The van der Waals surface area contributed by atoms with E-state index >= 15 is 0 Å². The lowest BCUT2D eigenvalue weighted by Gasteiger charge is -2.57. The van der Waals surface area contributed by atoms with Gasteiger partial charge in [0, 0.05) is 11.2 Å². The van der Waals surface area contributed by atoms with Crippen LogP contribution >= 0.6 is 0 Å². The lowest BCUT2D eigenvalue weighted by molar-refractivity contribution is 0.0107. The van der Waals surface area contributed by atoms with Crippen LogP contribution in [-0.2, 0) is 0 Å². The molecule has 1 aromatic carbocycles. The van der Waals surface area contributed by atoms with Crippen LogP contribution in [0.1, 0.15) is 54.4 Å². The first-order valence-corrected chi connectivity index (χ1v) is 8.15. The Labute approximate surface area is 125 Å². The fraction of sp³-hybridized carbons (Fsp3) is 0.611. The first-order chi connectivity index (χ1) is 10.0. The molecule has 0 saturated heterocycles. The van der Waals surface area contributed by atoms with Crippen molar-refractivity contribution in [2.45, 2.75) is 51.0 Å². The molecule has 4 aliphatic carbocycles. The summed E-state index contributed by atoms with van der Waals surface area (Å²) in [6, 6.07) is 5.46. The zero-order chi connectivity index (χ0) is 14.6. The molecule has 4 bridgehead atoms. The Balaban J connectivity index is 1.60. The number of nitrogens with one attached hydrogen (secondary N) is 1. The molecule has 3 heteroatoms. The normalized spacial score (nSPS) is 36.7. The summed E-state index contributed by atoms with van der Waals surface area (Å²) in [7, 11) is 0. The lowest BCUT2D eigenvalue weighted by atomic mass is 9.53. The van der Waals surface area contributed by atoms with Crippen LogP contribution in [0.25, 0.3) is 0 Å². The summed E-state index contributed by atoms with van der Waals surface area (Å²) in [5, 5.41) is 12.9. The fourth-order valence-electron chi connectivity index (χ4n) is 5.49. The molecule has 112 valence electrons. The van der Waals surface area contributed by atoms with E-state index in [2.05, 4.69) is 5.32 Å². The van der Waals surface area contributed by atoms with Gasteiger partial charge in [0.25, 0.3) is 0 Å². The molecule has 4 aliphatic rings. The second-order valence-corrected chi connectivity index (χ2v) is 7.66. The van der Waals surface area contributed by atoms with Gasteiger partial charge in [0.15, 0.2) is 0 Å². The molecule has 0 amide bonds. The minimum Gasteiger partial charge on any atom is -0.478 e. The number of anilines is 1. The lowest BCUT2D eigenvalue weighted by Crippen LogP contribution is -2.54. The van der Waals surface area contributed by atoms with Crippen LogP contribution in [0.3, 0.4) is 0 Å². The Bertz CT molecular complexity index is 558. The van der Waals surface area contributed by atoms with Gasteiger partial charge in [0.2, 0.25) is 0 Å². The van der Waals surface area contributed by atoms with Gasteiger partial charge < -0.3 is 10.4 Å². The maximum Gasteiger partial charge on any atom is 0.335 e. The second kappa shape index (κ2) is 4.49. The van der Waals surface area contributed by atoms with Crippen LogP contribution in [0.5, 0.6) is 0 Å². The molecule has 0 aliphatic heterocycles. The molecule has 0 spiro atoms. The minimum atomic E-state index is -0.848. The van der Waals surface area contributed by atoms with Crippen LogP contribution in [0.4, 0.5) is 5.69 Å². The first kappa shape index (κ1) is 13.2. The van der Waals surface area contributed by atoms with Gasteiger partial charge in [-0.15, -0.1) is 0 Å². The molecule has 0 radical (unpaired) electrons. The Morgan fingerprint density at radius 3 is 2.19 bits per heavy atom. The standard InChI is InChI=1S/C18H23NO2/c1-11-4-15(17(20)21)2-3-16(11)19-18-8-12-5-13(9-18)7-14(6-12)10-18/h2-4,12-14,19H,5-10H2,1H3,(H,20,21). The number of aromatic carboxylic acids is 1. The molecule has 1 aromatic rings. The largest absolute Gasteiger partial charge is 0.478 e. The van der Waals surface area contributed by atoms with Crippen molar-refractivity contribution >= 4 is 11.7 Å². The van der Waals surface area contributed by atoms with Gasteiger partial charge in [0.1, 0.15) is 0 Å². The molecule has 5 rings (SSSR count). The van der Waals surface area contributed by atoms with Crippen molar-refractivity contribution in [3.63, 3.8) is 0 Å². The molecule has 2 N–H and O–H groups in total. The molecule has 4 saturated carbocycles. The summed E-state index contributed by atoms with van der Waals surface area (Å²) in [6.07, 6.45) is 8.24. The van der Waals surface area contributed by atoms with Gasteiger partial charge in [-0.3, -0.25) is 0 Å².